The van der Waals surface area contributed by atoms with Crippen LogP contribution in [0.2, 0.25) is 0 Å². The molecular formula is C14H20N2O2. The minimum Gasteiger partial charge on any atom is -0.394 e. The molecule has 98 valence electrons. The monoisotopic (exact) mass is 248 g/mol. The number of aliphatic hydroxyl groups is 1. The third-order valence-corrected chi connectivity index (χ3v) is 3.65. The van der Waals surface area contributed by atoms with Gasteiger partial charge in [-0.25, -0.2) is 0 Å². The van der Waals surface area contributed by atoms with Gasteiger partial charge in [-0.05, 0) is 17.5 Å². The van der Waals surface area contributed by atoms with E-state index in [2.05, 4.69) is 17.6 Å². The summed E-state index contributed by atoms with van der Waals surface area (Å²) in [4.78, 5) is 12.2. The van der Waals surface area contributed by atoms with Crippen LogP contribution in [0.4, 0.5) is 5.69 Å². The largest absolute Gasteiger partial charge is 0.394 e. The Morgan fingerprint density at radius 2 is 2.11 bits per heavy atom. The van der Waals surface area contributed by atoms with Gasteiger partial charge in [-0.1, -0.05) is 38.5 Å². The van der Waals surface area contributed by atoms with E-state index in [1.807, 2.05) is 31.2 Å². The van der Waals surface area contributed by atoms with E-state index < -0.39 is 0 Å². The number of anilines is 1. The number of para-hydroxylation sites is 1. The lowest BCUT2D eigenvalue weighted by molar-refractivity contribution is -0.119. The number of nitrogens with one attached hydrogen (secondary N) is 2. The second kappa shape index (κ2) is 5.50. The van der Waals surface area contributed by atoms with E-state index in [0.29, 0.717) is 0 Å². The zero-order chi connectivity index (χ0) is 13.1. The molecule has 1 amide bonds. The maximum atomic E-state index is 12.2. The van der Waals surface area contributed by atoms with Gasteiger partial charge < -0.3 is 10.4 Å². The topological polar surface area (TPSA) is 61.4 Å². The van der Waals surface area contributed by atoms with Gasteiger partial charge in [0.25, 0.3) is 0 Å². The van der Waals surface area contributed by atoms with E-state index in [0.717, 1.165) is 17.7 Å². The van der Waals surface area contributed by atoms with Crippen LogP contribution in [-0.4, -0.2) is 23.7 Å². The summed E-state index contributed by atoms with van der Waals surface area (Å²) in [7, 11) is 0. The Labute approximate surface area is 107 Å². The van der Waals surface area contributed by atoms with Crippen molar-refractivity contribution in [2.75, 3.05) is 11.9 Å². The van der Waals surface area contributed by atoms with Crippen molar-refractivity contribution in [3.05, 3.63) is 29.8 Å². The molecule has 0 aromatic heterocycles. The molecule has 3 N–H and O–H groups in total. The van der Waals surface area contributed by atoms with E-state index in [-0.39, 0.29) is 30.5 Å². The summed E-state index contributed by atoms with van der Waals surface area (Å²) >= 11 is 0. The van der Waals surface area contributed by atoms with Gasteiger partial charge in [-0.2, -0.15) is 0 Å². The molecule has 3 atom stereocenters. The van der Waals surface area contributed by atoms with Crippen LogP contribution >= 0.6 is 0 Å². The molecule has 4 heteroatoms. The molecule has 0 aliphatic carbocycles. The minimum atomic E-state index is -0.264. The molecule has 0 radical (unpaired) electrons. The number of benzene rings is 1. The molecule has 0 bridgehead atoms. The molecule has 1 aromatic carbocycles. The lowest BCUT2D eigenvalue weighted by Gasteiger charge is -2.24. The third kappa shape index (κ3) is 2.40. The second-order valence-electron chi connectivity index (χ2n) is 4.84. The average Bonchev–Trinajstić information content (AvgIpc) is 2.54. The van der Waals surface area contributed by atoms with E-state index in [1.54, 1.807) is 0 Å². The Kier molecular flexibility index (Phi) is 3.99. The van der Waals surface area contributed by atoms with Crippen LogP contribution in [0.3, 0.4) is 0 Å². The summed E-state index contributed by atoms with van der Waals surface area (Å²) in [5.74, 6) is 0.209. The van der Waals surface area contributed by atoms with Crippen molar-refractivity contribution < 1.29 is 9.90 Å². The van der Waals surface area contributed by atoms with Gasteiger partial charge in [-0.15, -0.1) is 0 Å². The molecule has 2 rings (SSSR count). The smallest absolute Gasteiger partial charge is 0.241 e. The van der Waals surface area contributed by atoms with Gasteiger partial charge in [0.1, 0.15) is 0 Å². The predicted molar refractivity (Wildman–Crippen MR) is 71.3 cm³/mol. The Balaban J connectivity index is 2.34. The van der Waals surface area contributed by atoms with Crippen LogP contribution in [-0.2, 0) is 4.79 Å². The Morgan fingerprint density at radius 1 is 1.39 bits per heavy atom. The molecule has 18 heavy (non-hydrogen) atoms. The van der Waals surface area contributed by atoms with Crippen LogP contribution in [0, 0.1) is 5.92 Å². The van der Waals surface area contributed by atoms with Gasteiger partial charge in [-0.3, -0.25) is 10.1 Å². The van der Waals surface area contributed by atoms with Crippen molar-refractivity contribution in [1.29, 1.82) is 0 Å². The number of aliphatic hydroxyl groups excluding tert-OH is 1. The number of carbonyl (C=O) groups is 1. The van der Waals surface area contributed by atoms with Gasteiger partial charge in [0.05, 0.1) is 18.7 Å². The van der Waals surface area contributed by atoms with Gasteiger partial charge in [0.15, 0.2) is 0 Å². The van der Waals surface area contributed by atoms with Crippen molar-refractivity contribution in [2.24, 2.45) is 5.92 Å². The molecule has 1 unspecified atom stereocenters. The van der Waals surface area contributed by atoms with E-state index in [1.165, 1.54) is 0 Å². The van der Waals surface area contributed by atoms with Crippen LogP contribution in [0.15, 0.2) is 24.3 Å². The highest BCUT2D eigenvalue weighted by Crippen LogP contribution is 2.27. The van der Waals surface area contributed by atoms with Crippen molar-refractivity contribution in [3.8, 4) is 0 Å². The van der Waals surface area contributed by atoms with E-state index in [4.69, 9.17) is 0 Å². The fourth-order valence-corrected chi connectivity index (χ4v) is 2.32. The maximum Gasteiger partial charge on any atom is 0.241 e. The summed E-state index contributed by atoms with van der Waals surface area (Å²) in [6.07, 6.45) is 0.916. The lowest BCUT2D eigenvalue weighted by atomic mass is 9.97. The fourth-order valence-electron chi connectivity index (χ4n) is 2.32. The van der Waals surface area contributed by atoms with Gasteiger partial charge >= 0.3 is 0 Å². The normalized spacial score (nSPS) is 24.9. The summed E-state index contributed by atoms with van der Waals surface area (Å²) < 4.78 is 0. The minimum absolute atomic E-state index is 0.0150. The fraction of sp³-hybridized carbons (Fsp3) is 0.500. The van der Waals surface area contributed by atoms with Gasteiger partial charge in [0.2, 0.25) is 5.91 Å². The molecule has 0 saturated carbocycles. The molecule has 4 nitrogen and oxygen atoms in total. The van der Waals surface area contributed by atoms with Crippen molar-refractivity contribution in [3.63, 3.8) is 0 Å². The lowest BCUT2D eigenvalue weighted by Crippen LogP contribution is -2.45. The highest BCUT2D eigenvalue weighted by molar-refractivity contribution is 5.96. The number of hydrogen-bond acceptors (Lipinski definition) is 3. The van der Waals surface area contributed by atoms with E-state index >= 15 is 0 Å². The van der Waals surface area contributed by atoms with Gasteiger partial charge in [0, 0.05) is 5.69 Å². The first-order chi connectivity index (χ1) is 8.67. The Bertz CT molecular complexity index is 434. The van der Waals surface area contributed by atoms with Crippen molar-refractivity contribution >= 4 is 11.6 Å². The number of carbonyl (C=O) groups excluding carboxylic acids is 1. The van der Waals surface area contributed by atoms with Crippen LogP contribution in [0.5, 0.6) is 0 Å². The van der Waals surface area contributed by atoms with Crippen molar-refractivity contribution in [2.45, 2.75) is 32.4 Å². The van der Waals surface area contributed by atoms with Crippen LogP contribution in [0.25, 0.3) is 0 Å². The Hall–Kier alpha value is -1.39. The number of hydrogen-bond donors (Lipinski definition) is 3. The summed E-state index contributed by atoms with van der Waals surface area (Å²) in [6, 6.07) is 7.15. The highest BCUT2D eigenvalue weighted by atomic mass is 16.3. The molecule has 0 saturated heterocycles. The summed E-state index contributed by atoms with van der Waals surface area (Å²) in [6.45, 7) is 4.09. The first-order valence-electron chi connectivity index (χ1n) is 6.44. The van der Waals surface area contributed by atoms with Crippen molar-refractivity contribution in [1.82, 2.24) is 5.32 Å². The highest BCUT2D eigenvalue weighted by Gasteiger charge is 2.31. The van der Waals surface area contributed by atoms with E-state index in [9.17, 15) is 9.90 Å². The first-order valence-corrected chi connectivity index (χ1v) is 6.44. The molecule has 1 aromatic rings. The summed E-state index contributed by atoms with van der Waals surface area (Å²) in [5, 5.41) is 15.7. The SMILES string of the molecule is CC[C@H](C)[C@@H]1NC(CO)c2ccccc2NC1=O. The molecule has 1 aliphatic heterocycles. The molecule has 1 aliphatic rings. The summed E-state index contributed by atoms with van der Waals surface area (Å²) in [5.41, 5.74) is 1.74. The molecule has 1 heterocycles. The number of fused-ring (bicyclic) bond motifs is 1. The first kappa shape index (κ1) is 13.1. The maximum absolute atomic E-state index is 12.2. The van der Waals surface area contributed by atoms with Crippen LogP contribution < -0.4 is 10.6 Å². The quantitative estimate of drug-likeness (QED) is 0.762. The zero-order valence-electron chi connectivity index (χ0n) is 10.8. The molecule has 0 spiro atoms. The number of amides is 1. The zero-order valence-corrected chi connectivity index (χ0v) is 10.8. The molecule has 0 fully saturated rings. The standard InChI is InChI=1S/C14H20N2O2/c1-3-9(2)13-14(18)16-11-7-5-4-6-10(11)12(8-17)15-13/h4-7,9,12-13,15,17H,3,8H2,1-2H3,(H,16,18)/t9-,12?,13-/m0/s1. The average molecular weight is 248 g/mol. The third-order valence-electron chi connectivity index (χ3n) is 3.65. The van der Waals surface area contributed by atoms with Crippen LogP contribution in [0.1, 0.15) is 31.9 Å². The predicted octanol–water partition coefficient (Wildman–Crippen LogP) is 1.68. The number of rotatable bonds is 3. The Morgan fingerprint density at radius 3 is 2.78 bits per heavy atom. The second-order valence-corrected chi connectivity index (χ2v) is 4.84. The molecular weight excluding hydrogens is 228 g/mol.